The van der Waals surface area contributed by atoms with Crippen LogP contribution in [-0.2, 0) is 11.3 Å². The minimum atomic E-state index is -0.422. The van der Waals surface area contributed by atoms with Gasteiger partial charge in [0.05, 0.1) is 6.54 Å². The quantitative estimate of drug-likeness (QED) is 0.783. The molecule has 1 aliphatic rings. The summed E-state index contributed by atoms with van der Waals surface area (Å²) < 4.78 is 0.991. The van der Waals surface area contributed by atoms with E-state index in [-0.39, 0.29) is 11.9 Å². The fourth-order valence-corrected chi connectivity index (χ4v) is 3.33. The third-order valence-corrected chi connectivity index (χ3v) is 4.87. The van der Waals surface area contributed by atoms with Gasteiger partial charge in [0.1, 0.15) is 6.04 Å². The van der Waals surface area contributed by atoms with Gasteiger partial charge in [0.2, 0.25) is 5.91 Å². The number of carbonyl (C=O) groups is 2. The van der Waals surface area contributed by atoms with Crippen molar-refractivity contribution in [3.63, 3.8) is 0 Å². The van der Waals surface area contributed by atoms with Gasteiger partial charge in [0.15, 0.2) is 0 Å². The second kappa shape index (κ2) is 6.91. The normalized spacial score (nSPS) is 19.4. The molecule has 0 aliphatic carbocycles. The van der Waals surface area contributed by atoms with Gasteiger partial charge in [0, 0.05) is 15.9 Å². The largest absolute Gasteiger partial charge is 0.354 e. The van der Waals surface area contributed by atoms with Gasteiger partial charge in [-0.05, 0) is 46.6 Å². The number of hydrogen-bond donors (Lipinski definition) is 3. The molecule has 19 heavy (non-hydrogen) atoms. The van der Waals surface area contributed by atoms with Crippen LogP contribution >= 0.6 is 27.3 Å². The first kappa shape index (κ1) is 14.3. The number of amides is 3. The zero-order valence-corrected chi connectivity index (χ0v) is 12.8. The summed E-state index contributed by atoms with van der Waals surface area (Å²) in [4.78, 5) is 24.5. The first-order valence-corrected chi connectivity index (χ1v) is 7.88. The van der Waals surface area contributed by atoms with Crippen LogP contribution in [0, 0.1) is 0 Å². The molecule has 5 nitrogen and oxygen atoms in total. The van der Waals surface area contributed by atoms with E-state index in [1.165, 1.54) is 0 Å². The predicted octanol–water partition coefficient (Wildman–Crippen LogP) is 1.98. The fraction of sp³-hybridized carbons (Fsp3) is 0.500. The average molecular weight is 346 g/mol. The predicted molar refractivity (Wildman–Crippen MR) is 78.0 cm³/mol. The molecular formula is C12H16BrN3O2S. The van der Waals surface area contributed by atoms with Crippen molar-refractivity contribution >= 4 is 39.2 Å². The molecule has 1 saturated heterocycles. The Morgan fingerprint density at radius 3 is 3.11 bits per heavy atom. The van der Waals surface area contributed by atoms with E-state index in [9.17, 15) is 9.59 Å². The number of urea groups is 1. The highest BCUT2D eigenvalue weighted by Gasteiger charge is 2.22. The lowest BCUT2D eigenvalue weighted by Gasteiger charge is -2.15. The molecule has 104 valence electrons. The summed E-state index contributed by atoms with van der Waals surface area (Å²) in [6, 6.07) is 1.22. The summed E-state index contributed by atoms with van der Waals surface area (Å²) in [5.74, 6) is -0.0926. The zero-order chi connectivity index (χ0) is 13.7. The Morgan fingerprint density at radius 2 is 2.37 bits per heavy atom. The third kappa shape index (κ3) is 4.21. The summed E-state index contributed by atoms with van der Waals surface area (Å²) in [6.07, 6.45) is 2.61. The van der Waals surface area contributed by atoms with Gasteiger partial charge in [-0.25, -0.2) is 4.79 Å². The van der Waals surface area contributed by atoms with Crippen molar-refractivity contribution in [2.45, 2.75) is 31.8 Å². The Bertz CT molecular complexity index is 464. The molecule has 3 amide bonds. The van der Waals surface area contributed by atoms with E-state index in [2.05, 4.69) is 31.9 Å². The SMILES string of the molecule is O=C(NCc1sccc1Br)N[C@H]1CCCCNC1=O. The highest BCUT2D eigenvalue weighted by Crippen LogP contribution is 2.22. The van der Waals surface area contributed by atoms with Crippen molar-refractivity contribution in [2.24, 2.45) is 0 Å². The number of nitrogens with one attached hydrogen (secondary N) is 3. The van der Waals surface area contributed by atoms with Crippen molar-refractivity contribution in [1.29, 1.82) is 0 Å². The molecular weight excluding hydrogens is 330 g/mol. The van der Waals surface area contributed by atoms with Gasteiger partial charge < -0.3 is 16.0 Å². The molecule has 1 aliphatic heterocycles. The van der Waals surface area contributed by atoms with E-state index in [4.69, 9.17) is 0 Å². The number of thiophene rings is 1. The maximum Gasteiger partial charge on any atom is 0.315 e. The lowest BCUT2D eigenvalue weighted by molar-refractivity contribution is -0.122. The van der Waals surface area contributed by atoms with Gasteiger partial charge in [-0.2, -0.15) is 0 Å². The van der Waals surface area contributed by atoms with Crippen LogP contribution in [0.25, 0.3) is 0 Å². The number of hydrogen-bond acceptors (Lipinski definition) is 3. The summed E-state index contributed by atoms with van der Waals surface area (Å²) in [6.45, 7) is 1.15. The van der Waals surface area contributed by atoms with Gasteiger partial charge in [0.25, 0.3) is 0 Å². The molecule has 0 aromatic carbocycles. The third-order valence-electron chi connectivity index (χ3n) is 2.94. The zero-order valence-electron chi connectivity index (χ0n) is 10.4. The van der Waals surface area contributed by atoms with Crippen molar-refractivity contribution < 1.29 is 9.59 Å². The van der Waals surface area contributed by atoms with Crippen molar-refractivity contribution in [3.05, 3.63) is 20.8 Å². The summed E-state index contributed by atoms with van der Waals surface area (Å²) in [5, 5.41) is 10.2. The first-order chi connectivity index (χ1) is 9.16. The van der Waals surface area contributed by atoms with Crippen molar-refractivity contribution in [1.82, 2.24) is 16.0 Å². The van der Waals surface area contributed by atoms with Gasteiger partial charge in [-0.15, -0.1) is 11.3 Å². The molecule has 1 aromatic rings. The maximum atomic E-state index is 11.8. The van der Waals surface area contributed by atoms with Crippen LogP contribution in [0.3, 0.4) is 0 Å². The summed E-state index contributed by atoms with van der Waals surface area (Å²) >= 11 is 4.98. The average Bonchev–Trinajstić information content (AvgIpc) is 2.69. The smallest absolute Gasteiger partial charge is 0.315 e. The molecule has 3 N–H and O–H groups in total. The maximum absolute atomic E-state index is 11.8. The monoisotopic (exact) mass is 345 g/mol. The van der Waals surface area contributed by atoms with Gasteiger partial charge >= 0.3 is 6.03 Å². The Labute approximate surface area is 124 Å². The Morgan fingerprint density at radius 1 is 1.53 bits per heavy atom. The Balaban J connectivity index is 1.80. The van der Waals surface area contributed by atoms with Crippen LogP contribution in [0.4, 0.5) is 4.79 Å². The number of rotatable bonds is 3. The van der Waals surface area contributed by atoms with Crippen LogP contribution in [0.2, 0.25) is 0 Å². The van der Waals surface area contributed by atoms with Crippen LogP contribution in [0.5, 0.6) is 0 Å². The molecule has 0 radical (unpaired) electrons. The summed E-state index contributed by atoms with van der Waals surface area (Å²) in [7, 11) is 0. The van der Waals surface area contributed by atoms with E-state index < -0.39 is 6.04 Å². The molecule has 0 unspecified atom stereocenters. The number of halogens is 1. The van der Waals surface area contributed by atoms with E-state index in [0.717, 1.165) is 22.2 Å². The minimum Gasteiger partial charge on any atom is -0.354 e. The van der Waals surface area contributed by atoms with Gasteiger partial charge in [-0.1, -0.05) is 0 Å². The van der Waals surface area contributed by atoms with Crippen molar-refractivity contribution in [3.8, 4) is 0 Å². The van der Waals surface area contributed by atoms with Crippen molar-refractivity contribution in [2.75, 3.05) is 6.54 Å². The molecule has 1 fully saturated rings. The van der Waals surface area contributed by atoms with Crippen LogP contribution in [0.1, 0.15) is 24.1 Å². The van der Waals surface area contributed by atoms with E-state index in [1.54, 1.807) is 11.3 Å². The molecule has 7 heteroatoms. The van der Waals surface area contributed by atoms with Crippen LogP contribution in [-0.4, -0.2) is 24.5 Å². The molecule has 1 atom stereocenters. The Kier molecular flexibility index (Phi) is 5.21. The lowest BCUT2D eigenvalue weighted by Crippen LogP contribution is -2.48. The standard InChI is InChI=1S/C12H16BrN3O2S/c13-8-4-6-19-10(8)7-15-12(18)16-9-3-1-2-5-14-11(9)17/h4,6,9H,1-3,5,7H2,(H,14,17)(H2,15,16,18)/t9-/m0/s1. The fourth-order valence-electron chi connectivity index (χ4n) is 1.90. The molecule has 0 saturated carbocycles. The molecule has 2 rings (SSSR count). The highest BCUT2D eigenvalue weighted by atomic mass is 79.9. The lowest BCUT2D eigenvalue weighted by atomic mass is 10.1. The van der Waals surface area contributed by atoms with Crippen LogP contribution in [0.15, 0.2) is 15.9 Å². The molecule has 2 heterocycles. The van der Waals surface area contributed by atoms with E-state index in [1.807, 2.05) is 11.4 Å². The minimum absolute atomic E-state index is 0.0926. The first-order valence-electron chi connectivity index (χ1n) is 6.21. The molecule has 0 spiro atoms. The van der Waals surface area contributed by atoms with Crippen LogP contribution < -0.4 is 16.0 Å². The van der Waals surface area contributed by atoms with Gasteiger partial charge in [-0.3, -0.25) is 4.79 Å². The number of carbonyl (C=O) groups excluding carboxylic acids is 2. The highest BCUT2D eigenvalue weighted by molar-refractivity contribution is 9.10. The summed E-state index contributed by atoms with van der Waals surface area (Å²) in [5.41, 5.74) is 0. The molecule has 0 bridgehead atoms. The molecule has 1 aromatic heterocycles. The second-order valence-electron chi connectivity index (χ2n) is 4.36. The van der Waals surface area contributed by atoms with E-state index in [0.29, 0.717) is 19.5 Å². The van der Waals surface area contributed by atoms with E-state index >= 15 is 0 Å². The Hall–Kier alpha value is -1.08. The second-order valence-corrected chi connectivity index (χ2v) is 6.21. The topological polar surface area (TPSA) is 70.2 Å².